The van der Waals surface area contributed by atoms with Crippen molar-refractivity contribution in [2.45, 2.75) is 11.1 Å². The summed E-state index contributed by atoms with van der Waals surface area (Å²) >= 11 is 0. The lowest BCUT2D eigenvalue weighted by atomic mass is 10.0. The minimum atomic E-state index is -4.53. The van der Waals surface area contributed by atoms with E-state index in [9.17, 15) is 26.4 Å². The molecule has 3 aromatic rings. The Labute approximate surface area is 177 Å². The van der Waals surface area contributed by atoms with Gasteiger partial charge in [0.05, 0.1) is 10.5 Å². The SMILES string of the molecule is O=C(c1cccc2ccccc12)N1CCN(S(=O)(=O)c2ccc(C(F)(F)F)cc2)CC1. The van der Waals surface area contributed by atoms with E-state index in [0.29, 0.717) is 5.56 Å². The number of piperazine rings is 1. The number of carbonyl (C=O) groups is 1. The molecule has 0 atom stereocenters. The van der Waals surface area contributed by atoms with E-state index in [1.807, 2.05) is 30.3 Å². The van der Waals surface area contributed by atoms with Gasteiger partial charge in [0, 0.05) is 31.7 Å². The standard InChI is InChI=1S/C22H19F3N2O3S/c23-22(24,25)17-8-10-18(11-9-17)31(29,30)27-14-12-26(13-15-27)21(28)20-7-3-5-16-4-1-2-6-19(16)20/h1-11H,12-15H2. The predicted molar refractivity (Wildman–Crippen MR) is 110 cm³/mol. The average molecular weight is 448 g/mol. The third kappa shape index (κ3) is 4.15. The Hall–Kier alpha value is -2.91. The van der Waals surface area contributed by atoms with E-state index in [2.05, 4.69) is 0 Å². The molecule has 0 radical (unpaired) electrons. The molecule has 1 aliphatic heterocycles. The van der Waals surface area contributed by atoms with Crippen LogP contribution >= 0.6 is 0 Å². The predicted octanol–water partition coefficient (Wildman–Crippen LogP) is 4.01. The summed E-state index contributed by atoms with van der Waals surface area (Å²) in [6.07, 6.45) is -4.53. The zero-order valence-electron chi connectivity index (χ0n) is 16.3. The molecule has 0 aliphatic carbocycles. The maximum absolute atomic E-state index is 13.0. The first-order valence-corrected chi connectivity index (χ1v) is 11.1. The highest BCUT2D eigenvalue weighted by atomic mass is 32.2. The summed E-state index contributed by atoms with van der Waals surface area (Å²) in [6.45, 7) is 0.531. The van der Waals surface area contributed by atoms with Gasteiger partial charge in [-0.25, -0.2) is 8.42 Å². The van der Waals surface area contributed by atoms with E-state index in [0.717, 1.165) is 35.0 Å². The summed E-state index contributed by atoms with van der Waals surface area (Å²) in [5.41, 5.74) is -0.353. The van der Waals surface area contributed by atoms with Gasteiger partial charge < -0.3 is 4.90 Å². The Kier molecular flexibility index (Phi) is 5.49. The van der Waals surface area contributed by atoms with Crippen LogP contribution in [-0.2, 0) is 16.2 Å². The van der Waals surface area contributed by atoms with Crippen molar-refractivity contribution < 1.29 is 26.4 Å². The number of halogens is 3. The highest BCUT2D eigenvalue weighted by Crippen LogP contribution is 2.30. The molecule has 3 aromatic carbocycles. The van der Waals surface area contributed by atoms with Crippen LogP contribution in [0.4, 0.5) is 13.2 Å². The number of benzene rings is 3. The fourth-order valence-corrected chi connectivity index (χ4v) is 5.10. The van der Waals surface area contributed by atoms with Gasteiger partial charge in [0.25, 0.3) is 5.91 Å². The van der Waals surface area contributed by atoms with Gasteiger partial charge in [0.15, 0.2) is 0 Å². The van der Waals surface area contributed by atoms with Gasteiger partial charge in [0.1, 0.15) is 0 Å². The number of carbonyl (C=O) groups excluding carboxylic acids is 1. The highest BCUT2D eigenvalue weighted by molar-refractivity contribution is 7.89. The van der Waals surface area contributed by atoms with Crippen LogP contribution in [0.15, 0.2) is 71.6 Å². The maximum atomic E-state index is 13.0. The maximum Gasteiger partial charge on any atom is 0.416 e. The van der Waals surface area contributed by atoms with Crippen LogP contribution in [0.2, 0.25) is 0 Å². The van der Waals surface area contributed by atoms with E-state index in [1.54, 1.807) is 17.0 Å². The average Bonchev–Trinajstić information content (AvgIpc) is 2.78. The molecule has 0 unspecified atom stereocenters. The normalized spacial score (nSPS) is 15.9. The molecule has 0 aromatic heterocycles. The van der Waals surface area contributed by atoms with Crippen LogP contribution in [0, 0.1) is 0 Å². The fraction of sp³-hybridized carbons (Fsp3) is 0.227. The topological polar surface area (TPSA) is 57.7 Å². The number of hydrogen-bond acceptors (Lipinski definition) is 3. The summed E-state index contributed by atoms with van der Waals surface area (Å²) in [6, 6.07) is 16.4. The van der Waals surface area contributed by atoms with Crippen molar-refractivity contribution in [3.8, 4) is 0 Å². The lowest BCUT2D eigenvalue weighted by molar-refractivity contribution is -0.137. The summed E-state index contributed by atoms with van der Waals surface area (Å²) in [5, 5.41) is 1.77. The molecular weight excluding hydrogens is 429 g/mol. The molecule has 0 bridgehead atoms. The Balaban J connectivity index is 1.48. The zero-order chi connectivity index (χ0) is 22.2. The van der Waals surface area contributed by atoms with Crippen molar-refractivity contribution in [3.63, 3.8) is 0 Å². The van der Waals surface area contributed by atoms with Crippen LogP contribution in [0.5, 0.6) is 0 Å². The largest absolute Gasteiger partial charge is 0.416 e. The first kappa shape index (κ1) is 21.3. The van der Waals surface area contributed by atoms with Crippen molar-refractivity contribution in [1.29, 1.82) is 0 Å². The molecular formula is C22H19F3N2O3S. The van der Waals surface area contributed by atoms with E-state index in [4.69, 9.17) is 0 Å². The summed E-state index contributed by atoms with van der Waals surface area (Å²) in [7, 11) is -3.94. The number of sulfonamides is 1. The van der Waals surface area contributed by atoms with Gasteiger partial charge in [-0.15, -0.1) is 0 Å². The minimum absolute atomic E-state index is 0.0693. The summed E-state index contributed by atoms with van der Waals surface area (Å²) < 4.78 is 65.0. The van der Waals surface area contributed by atoms with Crippen LogP contribution in [-0.4, -0.2) is 49.7 Å². The molecule has 31 heavy (non-hydrogen) atoms. The van der Waals surface area contributed by atoms with Gasteiger partial charge in [-0.05, 0) is 41.1 Å². The van der Waals surface area contributed by atoms with Crippen LogP contribution in [0.25, 0.3) is 10.8 Å². The molecule has 1 saturated heterocycles. The zero-order valence-corrected chi connectivity index (χ0v) is 17.2. The second kappa shape index (κ2) is 7.97. The molecule has 1 aliphatic rings. The Bertz CT molecular complexity index is 1210. The first-order valence-electron chi connectivity index (χ1n) is 9.62. The van der Waals surface area contributed by atoms with E-state index >= 15 is 0 Å². The van der Waals surface area contributed by atoms with Crippen molar-refractivity contribution in [2.24, 2.45) is 0 Å². The third-order valence-corrected chi connectivity index (χ3v) is 7.28. The van der Waals surface area contributed by atoms with Crippen LogP contribution < -0.4 is 0 Å². The number of hydrogen-bond donors (Lipinski definition) is 0. The molecule has 1 heterocycles. The van der Waals surface area contributed by atoms with Gasteiger partial charge in [-0.3, -0.25) is 4.79 Å². The molecule has 0 saturated carbocycles. The lowest BCUT2D eigenvalue weighted by Gasteiger charge is -2.34. The van der Waals surface area contributed by atoms with Crippen molar-refractivity contribution >= 4 is 26.7 Å². The van der Waals surface area contributed by atoms with Gasteiger partial charge >= 0.3 is 6.18 Å². The van der Waals surface area contributed by atoms with Gasteiger partial charge in [-0.1, -0.05) is 36.4 Å². The number of amides is 1. The molecule has 0 spiro atoms. The molecule has 0 N–H and O–H groups in total. The van der Waals surface area contributed by atoms with E-state index in [1.165, 1.54) is 4.31 Å². The van der Waals surface area contributed by atoms with Crippen molar-refractivity contribution in [3.05, 3.63) is 77.9 Å². The Morgan fingerprint density at radius 3 is 2.06 bits per heavy atom. The van der Waals surface area contributed by atoms with Crippen LogP contribution in [0.1, 0.15) is 15.9 Å². The Morgan fingerprint density at radius 1 is 0.806 bits per heavy atom. The molecule has 5 nitrogen and oxygen atoms in total. The lowest BCUT2D eigenvalue weighted by Crippen LogP contribution is -2.50. The summed E-state index contributed by atoms with van der Waals surface area (Å²) in [4.78, 5) is 14.4. The summed E-state index contributed by atoms with van der Waals surface area (Å²) in [5.74, 6) is -0.177. The van der Waals surface area contributed by atoms with E-state index < -0.39 is 21.8 Å². The van der Waals surface area contributed by atoms with E-state index in [-0.39, 0.29) is 37.0 Å². The number of nitrogens with zero attached hydrogens (tertiary/aromatic N) is 2. The monoisotopic (exact) mass is 448 g/mol. The molecule has 9 heteroatoms. The second-order valence-corrected chi connectivity index (χ2v) is 9.18. The number of alkyl halides is 3. The number of rotatable bonds is 3. The van der Waals surface area contributed by atoms with Gasteiger partial charge in [-0.2, -0.15) is 17.5 Å². The second-order valence-electron chi connectivity index (χ2n) is 7.25. The molecule has 4 rings (SSSR count). The Morgan fingerprint density at radius 2 is 1.42 bits per heavy atom. The molecule has 1 amide bonds. The molecule has 1 fully saturated rings. The fourth-order valence-electron chi connectivity index (χ4n) is 3.68. The molecule has 162 valence electrons. The minimum Gasteiger partial charge on any atom is -0.336 e. The quantitative estimate of drug-likeness (QED) is 0.609. The number of fused-ring (bicyclic) bond motifs is 1. The van der Waals surface area contributed by atoms with Crippen molar-refractivity contribution in [2.75, 3.05) is 26.2 Å². The highest BCUT2D eigenvalue weighted by Gasteiger charge is 2.33. The first-order chi connectivity index (χ1) is 14.7. The van der Waals surface area contributed by atoms with Crippen LogP contribution in [0.3, 0.4) is 0 Å². The smallest absolute Gasteiger partial charge is 0.336 e. The third-order valence-electron chi connectivity index (χ3n) is 5.37. The van der Waals surface area contributed by atoms with Gasteiger partial charge in [0.2, 0.25) is 10.0 Å². The van der Waals surface area contributed by atoms with Crippen molar-refractivity contribution in [1.82, 2.24) is 9.21 Å².